The van der Waals surface area contributed by atoms with E-state index in [0.717, 1.165) is 32.2 Å². The fourth-order valence-corrected chi connectivity index (χ4v) is 2.25. The fraction of sp³-hybridized carbons (Fsp3) is 0.875. The Morgan fingerprint density at radius 1 is 1.57 bits per heavy atom. The Balaban J connectivity index is 2.60. The minimum absolute atomic E-state index is 0.269. The van der Waals surface area contributed by atoms with E-state index in [1.165, 1.54) is 0 Å². The maximum absolute atomic E-state index is 11.5. The zero-order chi connectivity index (χ0) is 10.8. The average molecular weight is 220 g/mol. The van der Waals surface area contributed by atoms with E-state index in [9.17, 15) is 13.2 Å². The third-order valence-electron chi connectivity index (χ3n) is 2.36. The summed E-state index contributed by atoms with van der Waals surface area (Å²) in [4.78, 5) is 13.5. The standard InChI is InChI=1S/C8H16N2O3S/c1-3-10-6-4-5-7(10)8(11)9-14(2,12)13/h7H,3-6H2,1-2H3,(H,9,11). The number of hydrogen-bond donors (Lipinski definition) is 1. The van der Waals surface area contributed by atoms with Gasteiger partial charge in [0.25, 0.3) is 5.91 Å². The van der Waals surface area contributed by atoms with Crippen molar-refractivity contribution in [3.05, 3.63) is 0 Å². The van der Waals surface area contributed by atoms with E-state index < -0.39 is 15.9 Å². The topological polar surface area (TPSA) is 66.5 Å². The van der Waals surface area contributed by atoms with Gasteiger partial charge in [0, 0.05) is 0 Å². The van der Waals surface area contributed by atoms with Crippen LogP contribution in [0.5, 0.6) is 0 Å². The largest absolute Gasteiger partial charge is 0.292 e. The molecule has 0 spiro atoms. The van der Waals surface area contributed by atoms with Crippen molar-refractivity contribution in [1.82, 2.24) is 9.62 Å². The molecule has 0 aliphatic carbocycles. The molecule has 5 nitrogen and oxygen atoms in total. The molecule has 1 heterocycles. The second-order valence-corrected chi connectivity index (χ2v) is 5.27. The third kappa shape index (κ3) is 2.95. The lowest BCUT2D eigenvalue weighted by Crippen LogP contribution is -2.44. The Morgan fingerprint density at radius 2 is 2.21 bits per heavy atom. The molecular formula is C8H16N2O3S. The summed E-state index contributed by atoms with van der Waals surface area (Å²) >= 11 is 0. The van der Waals surface area contributed by atoms with Crippen LogP contribution in [-0.4, -0.2) is 44.6 Å². The minimum Gasteiger partial charge on any atom is -0.292 e. The number of hydrogen-bond acceptors (Lipinski definition) is 4. The number of rotatable bonds is 3. The van der Waals surface area contributed by atoms with Gasteiger partial charge in [-0.15, -0.1) is 0 Å². The molecule has 0 radical (unpaired) electrons. The van der Waals surface area contributed by atoms with Crippen molar-refractivity contribution >= 4 is 15.9 Å². The van der Waals surface area contributed by atoms with Crippen LogP contribution in [-0.2, 0) is 14.8 Å². The van der Waals surface area contributed by atoms with Gasteiger partial charge in [-0.1, -0.05) is 6.92 Å². The molecule has 1 N–H and O–H groups in total. The van der Waals surface area contributed by atoms with Crippen molar-refractivity contribution in [2.75, 3.05) is 19.3 Å². The second-order valence-electron chi connectivity index (χ2n) is 3.53. The van der Waals surface area contributed by atoms with Gasteiger partial charge < -0.3 is 0 Å². The van der Waals surface area contributed by atoms with E-state index in [1.54, 1.807) is 0 Å². The summed E-state index contributed by atoms with van der Waals surface area (Å²) in [5.74, 6) is -0.396. The molecule has 1 unspecified atom stereocenters. The predicted molar refractivity (Wildman–Crippen MR) is 53.3 cm³/mol. The molecule has 1 aliphatic heterocycles. The number of likely N-dealkylation sites (tertiary alicyclic amines) is 1. The maximum Gasteiger partial charge on any atom is 0.250 e. The quantitative estimate of drug-likeness (QED) is 0.699. The monoisotopic (exact) mass is 220 g/mol. The summed E-state index contributed by atoms with van der Waals surface area (Å²) in [7, 11) is -3.42. The number of amides is 1. The highest BCUT2D eigenvalue weighted by molar-refractivity contribution is 7.89. The zero-order valence-corrected chi connectivity index (χ0v) is 9.30. The molecule has 1 amide bonds. The van der Waals surface area contributed by atoms with E-state index >= 15 is 0 Å². The van der Waals surface area contributed by atoms with Crippen LogP contribution in [0.1, 0.15) is 19.8 Å². The molecule has 0 aromatic carbocycles. The first-order valence-electron chi connectivity index (χ1n) is 4.69. The van der Waals surface area contributed by atoms with Gasteiger partial charge in [0.15, 0.2) is 0 Å². The number of sulfonamides is 1. The summed E-state index contributed by atoms with van der Waals surface area (Å²) in [5, 5.41) is 0. The van der Waals surface area contributed by atoms with Crippen molar-refractivity contribution in [1.29, 1.82) is 0 Å². The van der Waals surface area contributed by atoms with Crippen LogP contribution in [0.4, 0.5) is 0 Å². The summed E-state index contributed by atoms with van der Waals surface area (Å²) in [6, 6.07) is -0.269. The lowest BCUT2D eigenvalue weighted by Gasteiger charge is -2.20. The van der Waals surface area contributed by atoms with Crippen LogP contribution in [0, 0.1) is 0 Å². The van der Waals surface area contributed by atoms with Crippen molar-refractivity contribution in [3.63, 3.8) is 0 Å². The van der Waals surface area contributed by atoms with Gasteiger partial charge in [0.05, 0.1) is 12.3 Å². The minimum atomic E-state index is -3.42. The first kappa shape index (κ1) is 11.5. The smallest absolute Gasteiger partial charge is 0.250 e. The highest BCUT2D eigenvalue weighted by atomic mass is 32.2. The van der Waals surface area contributed by atoms with Crippen LogP contribution in [0.15, 0.2) is 0 Å². The third-order valence-corrected chi connectivity index (χ3v) is 2.93. The van der Waals surface area contributed by atoms with E-state index in [0.29, 0.717) is 0 Å². The molecule has 0 saturated carbocycles. The Morgan fingerprint density at radius 3 is 2.71 bits per heavy atom. The summed E-state index contributed by atoms with van der Waals surface area (Å²) in [6.07, 6.45) is 2.70. The molecule has 1 fully saturated rings. The highest BCUT2D eigenvalue weighted by Gasteiger charge is 2.30. The molecule has 1 aliphatic rings. The van der Waals surface area contributed by atoms with Crippen molar-refractivity contribution < 1.29 is 13.2 Å². The van der Waals surface area contributed by atoms with Gasteiger partial charge in [0.2, 0.25) is 10.0 Å². The van der Waals surface area contributed by atoms with Gasteiger partial charge >= 0.3 is 0 Å². The normalized spacial score (nSPS) is 23.7. The van der Waals surface area contributed by atoms with E-state index in [2.05, 4.69) is 0 Å². The summed E-state index contributed by atoms with van der Waals surface area (Å²) in [6.45, 7) is 3.62. The molecule has 0 aromatic heterocycles. The van der Waals surface area contributed by atoms with Crippen LogP contribution in [0.3, 0.4) is 0 Å². The summed E-state index contributed by atoms with van der Waals surface area (Å²) < 4.78 is 23.7. The van der Waals surface area contributed by atoms with Gasteiger partial charge in [-0.05, 0) is 25.9 Å². The fourth-order valence-electron chi connectivity index (χ4n) is 1.75. The van der Waals surface area contributed by atoms with Crippen molar-refractivity contribution in [2.24, 2.45) is 0 Å². The molecule has 14 heavy (non-hydrogen) atoms. The lowest BCUT2D eigenvalue weighted by molar-refractivity contribution is -0.123. The number of likely N-dealkylation sites (N-methyl/N-ethyl adjacent to an activating group) is 1. The van der Waals surface area contributed by atoms with Crippen LogP contribution in [0.2, 0.25) is 0 Å². The zero-order valence-electron chi connectivity index (χ0n) is 8.49. The SMILES string of the molecule is CCN1CCCC1C(=O)NS(C)(=O)=O. The van der Waals surface area contributed by atoms with E-state index in [1.807, 2.05) is 16.5 Å². The average Bonchev–Trinajstić information content (AvgIpc) is 2.47. The highest BCUT2D eigenvalue weighted by Crippen LogP contribution is 2.16. The van der Waals surface area contributed by atoms with Crippen LogP contribution < -0.4 is 4.72 Å². The van der Waals surface area contributed by atoms with Gasteiger partial charge in [0.1, 0.15) is 0 Å². The van der Waals surface area contributed by atoms with Crippen LogP contribution >= 0.6 is 0 Å². The number of nitrogens with zero attached hydrogens (tertiary/aromatic N) is 1. The number of carbonyl (C=O) groups excluding carboxylic acids is 1. The molecule has 1 atom stereocenters. The molecule has 6 heteroatoms. The van der Waals surface area contributed by atoms with Crippen LogP contribution in [0.25, 0.3) is 0 Å². The molecule has 1 rings (SSSR count). The Hall–Kier alpha value is -0.620. The second kappa shape index (κ2) is 4.27. The number of nitrogens with one attached hydrogen (secondary N) is 1. The van der Waals surface area contributed by atoms with Crippen molar-refractivity contribution in [2.45, 2.75) is 25.8 Å². The Bertz CT molecular complexity index is 313. The maximum atomic E-state index is 11.5. The van der Waals surface area contributed by atoms with E-state index in [-0.39, 0.29) is 6.04 Å². The lowest BCUT2D eigenvalue weighted by atomic mass is 10.2. The first-order valence-corrected chi connectivity index (χ1v) is 6.59. The Labute approximate surface area is 84.5 Å². The Kier molecular flexibility index (Phi) is 3.49. The van der Waals surface area contributed by atoms with Gasteiger partial charge in [-0.3, -0.25) is 14.4 Å². The molecule has 0 bridgehead atoms. The number of carbonyl (C=O) groups is 1. The van der Waals surface area contributed by atoms with Gasteiger partial charge in [-0.25, -0.2) is 8.42 Å². The summed E-state index contributed by atoms with van der Waals surface area (Å²) in [5.41, 5.74) is 0. The predicted octanol–water partition coefficient (Wildman–Crippen LogP) is -0.453. The van der Waals surface area contributed by atoms with Gasteiger partial charge in [-0.2, -0.15) is 0 Å². The first-order chi connectivity index (χ1) is 6.44. The van der Waals surface area contributed by atoms with E-state index in [4.69, 9.17) is 0 Å². The molecule has 1 saturated heterocycles. The molecule has 0 aromatic rings. The molecular weight excluding hydrogens is 204 g/mol. The molecule has 82 valence electrons. The van der Waals surface area contributed by atoms with Crippen molar-refractivity contribution in [3.8, 4) is 0 Å².